The lowest BCUT2D eigenvalue weighted by molar-refractivity contribution is -0.144. The molecule has 0 aliphatic carbocycles. The Morgan fingerprint density at radius 1 is 1.21 bits per heavy atom. The van der Waals surface area contributed by atoms with E-state index in [1.54, 1.807) is 6.92 Å². The smallest absolute Gasteiger partial charge is 0.326 e. The SMILES string of the molecule is CCOCCOC(C)C(=O)NC(CC(C)C)C(=O)O. The van der Waals surface area contributed by atoms with Crippen molar-refractivity contribution in [3.63, 3.8) is 0 Å². The van der Waals surface area contributed by atoms with Crippen LogP contribution >= 0.6 is 0 Å². The molecule has 0 spiro atoms. The van der Waals surface area contributed by atoms with Crippen molar-refractivity contribution in [1.29, 1.82) is 0 Å². The molecule has 0 saturated carbocycles. The molecule has 6 nitrogen and oxygen atoms in total. The van der Waals surface area contributed by atoms with E-state index in [1.807, 2.05) is 20.8 Å². The molecule has 0 aromatic rings. The summed E-state index contributed by atoms with van der Waals surface area (Å²) in [6.07, 6.45) is -0.290. The van der Waals surface area contributed by atoms with Crippen LogP contribution in [0, 0.1) is 5.92 Å². The monoisotopic (exact) mass is 275 g/mol. The molecule has 112 valence electrons. The van der Waals surface area contributed by atoms with Crippen molar-refractivity contribution in [3.05, 3.63) is 0 Å². The predicted octanol–water partition coefficient (Wildman–Crippen LogP) is 1.04. The van der Waals surface area contributed by atoms with Crippen LogP contribution in [0.25, 0.3) is 0 Å². The first-order chi connectivity index (χ1) is 8.88. The summed E-state index contributed by atoms with van der Waals surface area (Å²) < 4.78 is 10.3. The zero-order chi connectivity index (χ0) is 14.8. The summed E-state index contributed by atoms with van der Waals surface area (Å²) in [6, 6.07) is -0.870. The van der Waals surface area contributed by atoms with Gasteiger partial charge in [0.25, 0.3) is 0 Å². The minimum Gasteiger partial charge on any atom is -0.480 e. The maximum atomic E-state index is 11.8. The predicted molar refractivity (Wildman–Crippen MR) is 70.9 cm³/mol. The van der Waals surface area contributed by atoms with Crippen molar-refractivity contribution in [2.45, 2.75) is 46.3 Å². The highest BCUT2D eigenvalue weighted by Gasteiger charge is 2.23. The minimum absolute atomic E-state index is 0.190. The third kappa shape index (κ3) is 8.56. The highest BCUT2D eigenvalue weighted by molar-refractivity contribution is 5.86. The quantitative estimate of drug-likeness (QED) is 0.582. The Hall–Kier alpha value is -1.14. The largest absolute Gasteiger partial charge is 0.480 e. The average Bonchev–Trinajstić information content (AvgIpc) is 2.32. The molecule has 1 amide bonds. The molecule has 0 rings (SSSR count). The Morgan fingerprint density at radius 2 is 1.84 bits per heavy atom. The van der Waals surface area contributed by atoms with Gasteiger partial charge in [-0.1, -0.05) is 13.8 Å². The molecule has 0 aliphatic heterocycles. The summed E-state index contributed by atoms with van der Waals surface area (Å²) in [5, 5.41) is 11.5. The van der Waals surface area contributed by atoms with Gasteiger partial charge in [0, 0.05) is 6.61 Å². The van der Waals surface area contributed by atoms with E-state index >= 15 is 0 Å². The summed E-state index contributed by atoms with van der Waals surface area (Å²) >= 11 is 0. The van der Waals surface area contributed by atoms with Crippen LogP contribution in [0.5, 0.6) is 0 Å². The Bertz CT molecular complexity index is 280. The molecule has 0 fully saturated rings. The van der Waals surface area contributed by atoms with Gasteiger partial charge in [0.2, 0.25) is 5.91 Å². The highest BCUT2D eigenvalue weighted by atomic mass is 16.5. The van der Waals surface area contributed by atoms with Crippen molar-refractivity contribution in [2.75, 3.05) is 19.8 Å². The van der Waals surface area contributed by atoms with Gasteiger partial charge in [0.05, 0.1) is 13.2 Å². The summed E-state index contributed by atoms with van der Waals surface area (Å²) in [4.78, 5) is 22.8. The van der Waals surface area contributed by atoms with Gasteiger partial charge in [0.1, 0.15) is 12.1 Å². The number of carbonyl (C=O) groups is 2. The van der Waals surface area contributed by atoms with Gasteiger partial charge in [-0.2, -0.15) is 0 Å². The lowest BCUT2D eigenvalue weighted by Crippen LogP contribution is -2.46. The van der Waals surface area contributed by atoms with E-state index < -0.39 is 24.0 Å². The molecular weight excluding hydrogens is 250 g/mol. The van der Waals surface area contributed by atoms with E-state index in [9.17, 15) is 9.59 Å². The second-order valence-corrected chi connectivity index (χ2v) is 4.74. The number of ether oxygens (including phenoxy) is 2. The van der Waals surface area contributed by atoms with Crippen LogP contribution in [-0.4, -0.2) is 48.9 Å². The standard InChI is InChI=1S/C13H25NO5/c1-5-18-6-7-19-10(4)12(15)14-11(13(16)17)8-9(2)3/h9-11H,5-8H2,1-4H3,(H,14,15)(H,16,17). The molecular formula is C13H25NO5. The van der Waals surface area contributed by atoms with Crippen molar-refractivity contribution in [3.8, 4) is 0 Å². The third-order valence-electron chi connectivity index (χ3n) is 2.49. The zero-order valence-electron chi connectivity index (χ0n) is 12.1. The van der Waals surface area contributed by atoms with Crippen LogP contribution in [0.3, 0.4) is 0 Å². The lowest BCUT2D eigenvalue weighted by atomic mass is 10.0. The fourth-order valence-electron chi connectivity index (χ4n) is 1.49. The van der Waals surface area contributed by atoms with Crippen LogP contribution < -0.4 is 5.32 Å². The molecule has 0 radical (unpaired) electrons. The van der Waals surface area contributed by atoms with E-state index in [0.717, 1.165) is 0 Å². The van der Waals surface area contributed by atoms with E-state index in [0.29, 0.717) is 26.2 Å². The number of nitrogens with one attached hydrogen (secondary N) is 1. The average molecular weight is 275 g/mol. The lowest BCUT2D eigenvalue weighted by Gasteiger charge is -2.19. The summed E-state index contributed by atoms with van der Waals surface area (Å²) in [5.74, 6) is -1.25. The van der Waals surface area contributed by atoms with Gasteiger partial charge in [-0.05, 0) is 26.2 Å². The first kappa shape index (κ1) is 17.9. The van der Waals surface area contributed by atoms with Crippen LogP contribution in [0.4, 0.5) is 0 Å². The summed E-state index contributed by atoms with van der Waals surface area (Å²) in [6.45, 7) is 8.61. The normalized spacial score (nSPS) is 14.2. The van der Waals surface area contributed by atoms with Gasteiger partial charge in [-0.25, -0.2) is 4.79 Å². The zero-order valence-corrected chi connectivity index (χ0v) is 12.1. The first-order valence-corrected chi connectivity index (χ1v) is 6.61. The first-order valence-electron chi connectivity index (χ1n) is 6.61. The molecule has 0 saturated heterocycles. The second kappa shape index (κ2) is 9.75. The van der Waals surface area contributed by atoms with Crippen LogP contribution in [0.1, 0.15) is 34.1 Å². The molecule has 6 heteroatoms. The van der Waals surface area contributed by atoms with E-state index in [1.165, 1.54) is 0 Å². The number of aliphatic carboxylic acids is 1. The Morgan fingerprint density at radius 3 is 2.32 bits per heavy atom. The topological polar surface area (TPSA) is 84.9 Å². The molecule has 0 heterocycles. The number of carboxylic acid groups (broad SMARTS) is 1. The van der Waals surface area contributed by atoms with Crippen molar-refractivity contribution in [1.82, 2.24) is 5.32 Å². The van der Waals surface area contributed by atoms with Gasteiger partial charge in [-0.15, -0.1) is 0 Å². The Labute approximate surface area is 114 Å². The fraction of sp³-hybridized carbons (Fsp3) is 0.846. The maximum absolute atomic E-state index is 11.8. The maximum Gasteiger partial charge on any atom is 0.326 e. The Balaban J connectivity index is 4.12. The number of amides is 1. The van der Waals surface area contributed by atoms with Crippen molar-refractivity contribution >= 4 is 11.9 Å². The minimum atomic E-state index is -1.02. The molecule has 0 aromatic heterocycles. The molecule has 2 N–H and O–H groups in total. The highest BCUT2D eigenvalue weighted by Crippen LogP contribution is 2.05. The number of hydrogen-bond donors (Lipinski definition) is 2. The van der Waals surface area contributed by atoms with Crippen molar-refractivity contribution in [2.24, 2.45) is 5.92 Å². The van der Waals surface area contributed by atoms with Gasteiger partial charge < -0.3 is 19.9 Å². The van der Waals surface area contributed by atoms with E-state index in [-0.39, 0.29) is 5.92 Å². The van der Waals surface area contributed by atoms with Gasteiger partial charge in [0.15, 0.2) is 0 Å². The molecule has 2 unspecified atom stereocenters. The second-order valence-electron chi connectivity index (χ2n) is 4.74. The van der Waals surface area contributed by atoms with E-state index in [4.69, 9.17) is 14.6 Å². The Kier molecular flexibility index (Phi) is 9.16. The molecule has 2 atom stereocenters. The van der Waals surface area contributed by atoms with Gasteiger partial charge >= 0.3 is 5.97 Å². The molecule has 0 aliphatic rings. The molecule has 0 bridgehead atoms. The third-order valence-corrected chi connectivity index (χ3v) is 2.49. The van der Waals surface area contributed by atoms with Gasteiger partial charge in [-0.3, -0.25) is 4.79 Å². The number of carboxylic acids is 1. The molecule has 19 heavy (non-hydrogen) atoms. The summed E-state index contributed by atoms with van der Waals surface area (Å²) in [7, 11) is 0. The van der Waals surface area contributed by atoms with E-state index in [2.05, 4.69) is 5.32 Å². The number of hydrogen-bond acceptors (Lipinski definition) is 4. The molecule has 0 aromatic carbocycles. The van der Waals surface area contributed by atoms with Crippen LogP contribution in [0.2, 0.25) is 0 Å². The summed E-state index contributed by atoms with van der Waals surface area (Å²) in [5.41, 5.74) is 0. The number of carbonyl (C=O) groups excluding carboxylic acids is 1. The van der Waals surface area contributed by atoms with Crippen molar-refractivity contribution < 1.29 is 24.2 Å². The van der Waals surface area contributed by atoms with Crippen LogP contribution in [-0.2, 0) is 19.1 Å². The fourth-order valence-corrected chi connectivity index (χ4v) is 1.49. The van der Waals surface area contributed by atoms with Crippen LogP contribution in [0.15, 0.2) is 0 Å². The number of rotatable bonds is 10.